The molecule has 1 N–H and O–H groups in total. The van der Waals surface area contributed by atoms with E-state index in [1.165, 1.54) is 0 Å². The van der Waals surface area contributed by atoms with E-state index in [4.69, 9.17) is 5.11 Å². The Morgan fingerprint density at radius 1 is 1.17 bits per heavy atom. The molecule has 0 unspecified atom stereocenters. The third-order valence-corrected chi connectivity index (χ3v) is 2.68. The van der Waals surface area contributed by atoms with Crippen molar-refractivity contribution in [3.63, 3.8) is 0 Å². The monoisotopic (exact) mass is 252 g/mol. The molecule has 0 radical (unpaired) electrons. The van der Waals surface area contributed by atoms with E-state index < -0.39 is 5.97 Å². The van der Waals surface area contributed by atoms with Crippen LogP contribution in [0.1, 0.15) is 53.4 Å². The van der Waals surface area contributed by atoms with Crippen LogP contribution in [0.25, 0.3) is 0 Å². The highest BCUT2D eigenvalue weighted by Gasteiger charge is 2.11. The fraction of sp³-hybridized carbons (Fsp3) is 0.600. The molecule has 0 atom stereocenters. The SMILES string of the molecule is CC(=O)CC=CC(C)(C)CC=C(C)CCC(=O)O. The van der Waals surface area contributed by atoms with Gasteiger partial charge in [0.25, 0.3) is 0 Å². The van der Waals surface area contributed by atoms with E-state index in [0.29, 0.717) is 12.8 Å². The van der Waals surface area contributed by atoms with Crippen LogP contribution >= 0.6 is 0 Å². The Balaban J connectivity index is 4.22. The molecule has 0 aliphatic rings. The average Bonchev–Trinajstić information content (AvgIpc) is 2.22. The Kier molecular flexibility index (Phi) is 7.25. The third kappa shape index (κ3) is 9.82. The second-order valence-corrected chi connectivity index (χ2v) is 5.45. The largest absolute Gasteiger partial charge is 0.481 e. The number of hydrogen-bond donors (Lipinski definition) is 1. The van der Waals surface area contributed by atoms with Crippen molar-refractivity contribution in [2.24, 2.45) is 5.41 Å². The van der Waals surface area contributed by atoms with Gasteiger partial charge >= 0.3 is 5.97 Å². The molecule has 18 heavy (non-hydrogen) atoms. The molecule has 0 aliphatic heterocycles. The second kappa shape index (κ2) is 7.85. The molecule has 0 amide bonds. The van der Waals surface area contributed by atoms with Gasteiger partial charge in [-0.1, -0.05) is 37.6 Å². The summed E-state index contributed by atoms with van der Waals surface area (Å²) in [6, 6.07) is 0. The lowest BCUT2D eigenvalue weighted by Gasteiger charge is -2.18. The third-order valence-electron chi connectivity index (χ3n) is 2.68. The fourth-order valence-electron chi connectivity index (χ4n) is 1.46. The first kappa shape index (κ1) is 16.6. The van der Waals surface area contributed by atoms with E-state index in [9.17, 15) is 9.59 Å². The predicted molar refractivity (Wildman–Crippen MR) is 73.5 cm³/mol. The molecule has 0 bridgehead atoms. The first-order chi connectivity index (χ1) is 8.23. The molecule has 0 aliphatic carbocycles. The lowest BCUT2D eigenvalue weighted by Crippen LogP contribution is -2.06. The summed E-state index contributed by atoms with van der Waals surface area (Å²) >= 11 is 0. The van der Waals surface area contributed by atoms with Crippen molar-refractivity contribution < 1.29 is 14.7 Å². The van der Waals surface area contributed by atoms with Crippen molar-refractivity contribution in [3.05, 3.63) is 23.8 Å². The molecule has 0 fully saturated rings. The molecule has 0 heterocycles. The van der Waals surface area contributed by atoms with Gasteiger partial charge in [-0.25, -0.2) is 0 Å². The molecule has 3 nitrogen and oxygen atoms in total. The molecule has 3 heteroatoms. The van der Waals surface area contributed by atoms with Crippen molar-refractivity contribution >= 4 is 11.8 Å². The highest BCUT2D eigenvalue weighted by atomic mass is 16.4. The Morgan fingerprint density at radius 3 is 2.28 bits per heavy atom. The highest BCUT2D eigenvalue weighted by Crippen LogP contribution is 2.24. The maximum atomic E-state index is 10.8. The lowest BCUT2D eigenvalue weighted by atomic mass is 9.87. The molecule has 0 aromatic rings. The minimum atomic E-state index is -0.761. The zero-order valence-corrected chi connectivity index (χ0v) is 11.8. The molecular formula is C15H24O3. The number of carbonyl (C=O) groups is 2. The Hall–Kier alpha value is -1.38. The number of rotatable bonds is 8. The zero-order chi connectivity index (χ0) is 14.2. The molecule has 0 aromatic carbocycles. The molecule has 0 aromatic heterocycles. The normalized spacial score (nSPS) is 13.0. The summed E-state index contributed by atoms with van der Waals surface area (Å²) in [6.45, 7) is 7.74. The maximum Gasteiger partial charge on any atom is 0.303 e. The fourth-order valence-corrected chi connectivity index (χ4v) is 1.46. The summed E-state index contributed by atoms with van der Waals surface area (Å²) in [5.74, 6) is -0.599. The van der Waals surface area contributed by atoms with Crippen molar-refractivity contribution in [1.82, 2.24) is 0 Å². The van der Waals surface area contributed by atoms with Crippen LogP contribution in [0.4, 0.5) is 0 Å². The van der Waals surface area contributed by atoms with Gasteiger partial charge in [-0.05, 0) is 32.1 Å². The van der Waals surface area contributed by atoms with Gasteiger partial charge in [-0.2, -0.15) is 0 Å². The van der Waals surface area contributed by atoms with Crippen LogP contribution in [-0.4, -0.2) is 16.9 Å². The topological polar surface area (TPSA) is 54.4 Å². The predicted octanol–water partition coefficient (Wildman–Crippen LogP) is 3.75. The number of carbonyl (C=O) groups excluding carboxylic acids is 1. The van der Waals surface area contributed by atoms with Gasteiger partial charge in [0.15, 0.2) is 0 Å². The summed E-state index contributed by atoms with van der Waals surface area (Å²) in [4.78, 5) is 21.3. The van der Waals surface area contributed by atoms with Gasteiger partial charge in [0.05, 0.1) is 0 Å². The van der Waals surface area contributed by atoms with Crippen LogP contribution in [0.3, 0.4) is 0 Å². The van der Waals surface area contributed by atoms with Gasteiger partial charge in [-0.3, -0.25) is 9.59 Å². The van der Waals surface area contributed by atoms with Crippen LogP contribution in [-0.2, 0) is 9.59 Å². The van der Waals surface area contributed by atoms with E-state index >= 15 is 0 Å². The van der Waals surface area contributed by atoms with E-state index in [1.54, 1.807) is 6.92 Å². The molecule has 0 spiro atoms. The minimum absolute atomic E-state index is 0.0000659. The lowest BCUT2D eigenvalue weighted by molar-refractivity contribution is -0.137. The van der Waals surface area contributed by atoms with E-state index in [0.717, 1.165) is 12.0 Å². The number of Topliss-reactive ketones (excluding diaryl/α,β-unsaturated/α-hetero) is 1. The number of hydrogen-bond acceptors (Lipinski definition) is 2. The molecule has 0 saturated carbocycles. The summed E-state index contributed by atoms with van der Waals surface area (Å²) < 4.78 is 0. The molecule has 102 valence electrons. The highest BCUT2D eigenvalue weighted by molar-refractivity contribution is 5.76. The minimum Gasteiger partial charge on any atom is -0.481 e. The summed E-state index contributed by atoms with van der Waals surface area (Å²) in [5, 5.41) is 8.59. The maximum absolute atomic E-state index is 10.8. The first-order valence-electron chi connectivity index (χ1n) is 6.27. The summed E-state index contributed by atoms with van der Waals surface area (Å²) in [6.07, 6.45) is 8.16. The Morgan fingerprint density at radius 2 is 1.78 bits per heavy atom. The number of ketones is 1. The van der Waals surface area contributed by atoms with E-state index in [2.05, 4.69) is 26.0 Å². The standard InChI is InChI=1S/C15H24O3/c1-12(7-8-14(17)18)9-11-15(3,4)10-5-6-13(2)16/h5,9-10H,6-8,11H2,1-4H3,(H,17,18). The van der Waals surface area contributed by atoms with E-state index in [-0.39, 0.29) is 17.6 Å². The number of allylic oxidation sites excluding steroid dienone is 4. The van der Waals surface area contributed by atoms with Crippen LogP contribution in [0, 0.1) is 5.41 Å². The van der Waals surface area contributed by atoms with Crippen LogP contribution < -0.4 is 0 Å². The second-order valence-electron chi connectivity index (χ2n) is 5.45. The van der Waals surface area contributed by atoms with Gasteiger partial charge in [0, 0.05) is 12.8 Å². The quantitative estimate of drug-likeness (QED) is 0.669. The van der Waals surface area contributed by atoms with Gasteiger partial charge in [0.2, 0.25) is 0 Å². The van der Waals surface area contributed by atoms with E-state index in [1.807, 2.05) is 13.0 Å². The smallest absolute Gasteiger partial charge is 0.303 e. The van der Waals surface area contributed by atoms with Gasteiger partial charge in [0.1, 0.15) is 5.78 Å². The van der Waals surface area contributed by atoms with Crippen molar-refractivity contribution in [2.75, 3.05) is 0 Å². The number of aliphatic carboxylic acids is 1. The average molecular weight is 252 g/mol. The number of carboxylic acids is 1. The molecule has 0 saturated heterocycles. The summed E-state index contributed by atoms with van der Waals surface area (Å²) in [5.41, 5.74) is 1.10. The van der Waals surface area contributed by atoms with Crippen LogP contribution in [0.5, 0.6) is 0 Å². The zero-order valence-electron chi connectivity index (χ0n) is 11.8. The van der Waals surface area contributed by atoms with Crippen LogP contribution in [0.15, 0.2) is 23.8 Å². The first-order valence-corrected chi connectivity index (χ1v) is 6.27. The van der Waals surface area contributed by atoms with Gasteiger partial charge < -0.3 is 5.11 Å². The van der Waals surface area contributed by atoms with Gasteiger partial charge in [-0.15, -0.1) is 0 Å². The molecular weight excluding hydrogens is 228 g/mol. The van der Waals surface area contributed by atoms with Crippen molar-refractivity contribution in [3.8, 4) is 0 Å². The Labute approximate surface area is 110 Å². The Bertz CT molecular complexity index is 349. The molecule has 0 rings (SSSR count). The summed E-state index contributed by atoms with van der Waals surface area (Å²) in [7, 11) is 0. The van der Waals surface area contributed by atoms with Crippen LogP contribution in [0.2, 0.25) is 0 Å². The number of carboxylic acid groups (broad SMARTS) is 1. The van der Waals surface area contributed by atoms with Crippen molar-refractivity contribution in [2.45, 2.75) is 53.4 Å². The van der Waals surface area contributed by atoms with Crippen molar-refractivity contribution in [1.29, 1.82) is 0 Å².